The number of rotatable bonds is 5. The quantitative estimate of drug-likeness (QED) is 0.853. The monoisotopic (exact) mass is 281 g/mol. The molecule has 0 unspecified atom stereocenters. The third-order valence-electron chi connectivity index (χ3n) is 2.19. The lowest BCUT2D eigenvalue weighted by atomic mass is 10.3. The molecule has 0 atom stereocenters. The molecule has 0 amide bonds. The fourth-order valence-electron chi connectivity index (χ4n) is 1.38. The molecule has 2 aromatic heterocycles. The number of esters is 1. The Hall–Kier alpha value is -2.02. The smallest absolute Gasteiger partial charge is 0.350 e. The van der Waals surface area contributed by atoms with Gasteiger partial charge in [0.05, 0.1) is 19.0 Å². The van der Waals surface area contributed by atoms with Gasteiger partial charge in [-0.2, -0.15) is 0 Å². The van der Waals surface area contributed by atoms with E-state index in [-0.39, 0.29) is 11.8 Å². The van der Waals surface area contributed by atoms with Gasteiger partial charge in [0.25, 0.3) is 0 Å². The van der Waals surface area contributed by atoms with Gasteiger partial charge in [0, 0.05) is 12.7 Å². The second-order valence-electron chi connectivity index (χ2n) is 3.62. The lowest BCUT2D eigenvalue weighted by Gasteiger charge is -2.02. The van der Waals surface area contributed by atoms with Crippen LogP contribution in [0.25, 0.3) is 0 Å². The SMILES string of the molecule is CCOC(=O)c1cnc(NCc2cncc(F)c2)s1. The van der Waals surface area contributed by atoms with Crippen molar-refractivity contribution in [2.75, 3.05) is 11.9 Å². The highest BCUT2D eigenvalue weighted by Gasteiger charge is 2.11. The summed E-state index contributed by atoms with van der Waals surface area (Å²) in [4.78, 5) is 19.7. The first-order chi connectivity index (χ1) is 9.19. The number of halogens is 1. The molecule has 0 fully saturated rings. The first-order valence-electron chi connectivity index (χ1n) is 5.65. The van der Waals surface area contributed by atoms with Gasteiger partial charge < -0.3 is 10.1 Å². The molecule has 0 aliphatic carbocycles. The van der Waals surface area contributed by atoms with Crippen LogP contribution in [0, 0.1) is 5.82 Å². The second-order valence-corrected chi connectivity index (χ2v) is 4.65. The molecule has 0 aliphatic rings. The van der Waals surface area contributed by atoms with Gasteiger partial charge in [-0.1, -0.05) is 11.3 Å². The summed E-state index contributed by atoms with van der Waals surface area (Å²) >= 11 is 1.19. The normalized spacial score (nSPS) is 10.2. The number of carbonyl (C=O) groups excluding carboxylic acids is 1. The molecule has 0 radical (unpaired) electrons. The van der Waals surface area contributed by atoms with E-state index in [1.165, 1.54) is 23.6 Å². The molecule has 0 aliphatic heterocycles. The van der Waals surface area contributed by atoms with Crippen molar-refractivity contribution in [1.29, 1.82) is 0 Å². The number of ether oxygens (including phenoxy) is 1. The standard InChI is InChI=1S/C12H12FN3O2S/c1-2-18-11(17)10-7-16-12(19-10)15-5-8-3-9(13)6-14-4-8/h3-4,6-7H,2,5H2,1H3,(H,15,16). The van der Waals surface area contributed by atoms with Gasteiger partial charge in [-0.3, -0.25) is 4.98 Å². The summed E-state index contributed by atoms with van der Waals surface area (Å²) in [6, 6.07) is 1.39. The zero-order valence-electron chi connectivity index (χ0n) is 10.2. The minimum atomic E-state index is -0.388. The molecule has 19 heavy (non-hydrogen) atoms. The highest BCUT2D eigenvalue weighted by Crippen LogP contribution is 2.19. The van der Waals surface area contributed by atoms with Crippen LogP contribution in [0.15, 0.2) is 24.7 Å². The maximum atomic E-state index is 12.9. The van der Waals surface area contributed by atoms with Crippen molar-refractivity contribution in [3.05, 3.63) is 40.9 Å². The zero-order valence-corrected chi connectivity index (χ0v) is 11.0. The predicted octanol–water partition coefficient (Wildman–Crippen LogP) is 2.47. The summed E-state index contributed by atoms with van der Waals surface area (Å²) in [7, 11) is 0. The molecule has 1 N–H and O–H groups in total. The summed E-state index contributed by atoms with van der Waals surface area (Å²) in [5, 5.41) is 3.57. The Morgan fingerprint density at radius 3 is 3.05 bits per heavy atom. The fourth-order valence-corrected chi connectivity index (χ4v) is 2.09. The van der Waals surface area contributed by atoms with E-state index in [1.807, 2.05) is 0 Å². The van der Waals surface area contributed by atoms with Crippen molar-refractivity contribution >= 4 is 22.4 Å². The molecule has 2 rings (SSSR count). The average molecular weight is 281 g/mol. The number of carbonyl (C=O) groups is 1. The molecule has 0 saturated heterocycles. The number of aromatic nitrogens is 2. The molecule has 5 nitrogen and oxygen atoms in total. The van der Waals surface area contributed by atoms with E-state index in [1.54, 1.807) is 13.1 Å². The van der Waals surface area contributed by atoms with Crippen molar-refractivity contribution in [2.45, 2.75) is 13.5 Å². The molecule has 2 heterocycles. The Labute approximate surface area is 113 Å². The van der Waals surface area contributed by atoms with Gasteiger partial charge in [0.2, 0.25) is 0 Å². The predicted molar refractivity (Wildman–Crippen MR) is 69.6 cm³/mol. The van der Waals surface area contributed by atoms with E-state index in [0.717, 1.165) is 6.20 Å². The summed E-state index contributed by atoms with van der Waals surface area (Å²) in [6.07, 6.45) is 4.16. The maximum Gasteiger partial charge on any atom is 0.350 e. The fraction of sp³-hybridized carbons (Fsp3) is 0.250. The summed E-state index contributed by atoms with van der Waals surface area (Å²) in [6.45, 7) is 2.46. The Kier molecular flexibility index (Phi) is 4.40. The van der Waals surface area contributed by atoms with Gasteiger partial charge in [0.1, 0.15) is 10.7 Å². The van der Waals surface area contributed by atoms with E-state index in [0.29, 0.717) is 28.7 Å². The minimum Gasteiger partial charge on any atom is -0.462 e. The van der Waals surface area contributed by atoms with Crippen LogP contribution in [-0.4, -0.2) is 22.5 Å². The second kappa shape index (κ2) is 6.24. The van der Waals surface area contributed by atoms with Crippen molar-refractivity contribution < 1.29 is 13.9 Å². The van der Waals surface area contributed by atoms with E-state index in [4.69, 9.17) is 4.74 Å². The number of hydrogen-bond donors (Lipinski definition) is 1. The van der Waals surface area contributed by atoms with Gasteiger partial charge in [-0.05, 0) is 18.6 Å². The molecule has 0 aromatic carbocycles. The average Bonchev–Trinajstić information content (AvgIpc) is 2.86. The van der Waals surface area contributed by atoms with Gasteiger partial charge in [0.15, 0.2) is 5.13 Å². The molecule has 100 valence electrons. The largest absolute Gasteiger partial charge is 0.462 e. The number of anilines is 1. The van der Waals surface area contributed by atoms with Crippen molar-refractivity contribution in [1.82, 2.24) is 9.97 Å². The third-order valence-corrected chi connectivity index (χ3v) is 3.12. The number of thiazole rings is 1. The third kappa shape index (κ3) is 3.72. The van der Waals surface area contributed by atoms with E-state index >= 15 is 0 Å². The summed E-state index contributed by atoms with van der Waals surface area (Å²) in [5.41, 5.74) is 0.702. The topological polar surface area (TPSA) is 64.1 Å². The first-order valence-corrected chi connectivity index (χ1v) is 6.47. The molecule has 7 heteroatoms. The number of nitrogens with zero attached hydrogens (tertiary/aromatic N) is 2. The molecule has 0 saturated carbocycles. The molecular weight excluding hydrogens is 269 g/mol. The lowest BCUT2D eigenvalue weighted by molar-refractivity contribution is 0.0532. The summed E-state index contributed by atoms with van der Waals surface area (Å²) < 4.78 is 17.8. The van der Waals surface area contributed by atoms with Gasteiger partial charge in [-0.25, -0.2) is 14.2 Å². The van der Waals surface area contributed by atoms with Crippen molar-refractivity contribution in [3.8, 4) is 0 Å². The highest BCUT2D eigenvalue weighted by atomic mass is 32.1. The molecule has 2 aromatic rings. The van der Waals surface area contributed by atoms with Crippen LogP contribution in [0.2, 0.25) is 0 Å². The van der Waals surface area contributed by atoms with Crippen LogP contribution in [0.1, 0.15) is 22.2 Å². The van der Waals surface area contributed by atoms with Crippen LogP contribution in [0.5, 0.6) is 0 Å². The Morgan fingerprint density at radius 2 is 2.32 bits per heavy atom. The highest BCUT2D eigenvalue weighted by molar-refractivity contribution is 7.17. The van der Waals surface area contributed by atoms with Gasteiger partial charge >= 0.3 is 5.97 Å². The molecule has 0 bridgehead atoms. The number of hydrogen-bond acceptors (Lipinski definition) is 6. The molecule has 0 spiro atoms. The summed E-state index contributed by atoms with van der Waals surface area (Å²) in [5.74, 6) is -0.772. The van der Waals surface area contributed by atoms with E-state index in [2.05, 4.69) is 15.3 Å². The van der Waals surface area contributed by atoms with Crippen LogP contribution in [0.3, 0.4) is 0 Å². The van der Waals surface area contributed by atoms with Crippen LogP contribution in [0.4, 0.5) is 9.52 Å². The first kappa shape index (κ1) is 13.4. The van der Waals surface area contributed by atoms with E-state index < -0.39 is 0 Å². The lowest BCUT2D eigenvalue weighted by Crippen LogP contribution is -2.01. The van der Waals surface area contributed by atoms with Gasteiger partial charge in [-0.15, -0.1) is 0 Å². The zero-order chi connectivity index (χ0) is 13.7. The van der Waals surface area contributed by atoms with Crippen LogP contribution < -0.4 is 5.32 Å². The number of nitrogens with one attached hydrogen (secondary N) is 1. The maximum absolute atomic E-state index is 12.9. The number of pyridine rings is 1. The van der Waals surface area contributed by atoms with Crippen molar-refractivity contribution in [2.24, 2.45) is 0 Å². The minimum absolute atomic E-state index is 0.328. The van der Waals surface area contributed by atoms with Crippen LogP contribution in [-0.2, 0) is 11.3 Å². The van der Waals surface area contributed by atoms with E-state index in [9.17, 15) is 9.18 Å². The Bertz CT molecular complexity index is 574. The van der Waals surface area contributed by atoms with Crippen LogP contribution >= 0.6 is 11.3 Å². The Morgan fingerprint density at radius 1 is 1.47 bits per heavy atom. The molecular formula is C12H12FN3O2S. The van der Waals surface area contributed by atoms with Crippen molar-refractivity contribution in [3.63, 3.8) is 0 Å². The Balaban J connectivity index is 1.95.